The molecule has 16 heavy (non-hydrogen) atoms. The lowest BCUT2D eigenvalue weighted by molar-refractivity contribution is 0.516. The van der Waals surface area contributed by atoms with Crippen molar-refractivity contribution in [2.45, 2.75) is 13.3 Å². The first-order valence-electron chi connectivity index (χ1n) is 5.28. The van der Waals surface area contributed by atoms with Crippen LogP contribution in [0.2, 0.25) is 0 Å². The number of pyridine rings is 1. The average Bonchev–Trinajstić information content (AvgIpc) is 2.90. The molecule has 0 unspecified atom stereocenters. The Kier molecular flexibility index (Phi) is 2.03. The van der Waals surface area contributed by atoms with Crippen LogP contribution in [-0.2, 0) is 6.42 Å². The van der Waals surface area contributed by atoms with E-state index in [0.717, 1.165) is 23.5 Å². The zero-order chi connectivity index (χ0) is 11.0. The van der Waals surface area contributed by atoms with Gasteiger partial charge in [-0.25, -0.2) is 4.98 Å². The summed E-state index contributed by atoms with van der Waals surface area (Å²) in [4.78, 5) is 4.41. The molecule has 0 aliphatic rings. The second-order valence-corrected chi connectivity index (χ2v) is 3.93. The molecular formula is C13H12N2O. The van der Waals surface area contributed by atoms with Gasteiger partial charge >= 0.3 is 0 Å². The van der Waals surface area contributed by atoms with Crippen molar-refractivity contribution in [3.8, 4) is 0 Å². The lowest BCUT2D eigenvalue weighted by Gasteiger charge is -2.00. The Balaban J connectivity index is 2.07. The number of hydrogen-bond donors (Lipinski definition) is 0. The van der Waals surface area contributed by atoms with Crippen LogP contribution < -0.4 is 0 Å². The van der Waals surface area contributed by atoms with Crippen LogP contribution in [-0.4, -0.2) is 9.38 Å². The monoisotopic (exact) mass is 212 g/mol. The van der Waals surface area contributed by atoms with Crippen molar-refractivity contribution in [2.24, 2.45) is 0 Å². The molecule has 0 saturated heterocycles. The first-order chi connectivity index (χ1) is 7.83. The van der Waals surface area contributed by atoms with Gasteiger partial charge in [-0.3, -0.25) is 0 Å². The number of imidazole rings is 1. The molecule has 0 amide bonds. The minimum atomic E-state index is 0.727. The largest absolute Gasteiger partial charge is 0.469 e. The van der Waals surface area contributed by atoms with Gasteiger partial charge in [-0.05, 0) is 30.7 Å². The molecule has 3 aromatic heterocycles. The summed E-state index contributed by atoms with van der Waals surface area (Å²) in [6, 6.07) is 8.04. The van der Waals surface area contributed by atoms with Crippen LogP contribution in [0.15, 0.2) is 47.3 Å². The summed E-state index contributed by atoms with van der Waals surface area (Å²) in [6.07, 6.45) is 6.40. The van der Waals surface area contributed by atoms with Gasteiger partial charge in [0.15, 0.2) is 0 Å². The van der Waals surface area contributed by atoms with E-state index in [0.29, 0.717) is 0 Å². The quantitative estimate of drug-likeness (QED) is 0.654. The number of fused-ring (bicyclic) bond motifs is 1. The maximum absolute atomic E-state index is 5.33. The van der Waals surface area contributed by atoms with Gasteiger partial charge in [0.05, 0.1) is 24.4 Å². The topological polar surface area (TPSA) is 30.4 Å². The predicted molar refractivity (Wildman–Crippen MR) is 61.4 cm³/mol. The molecule has 0 aromatic carbocycles. The van der Waals surface area contributed by atoms with E-state index in [-0.39, 0.29) is 0 Å². The molecule has 0 bridgehead atoms. The van der Waals surface area contributed by atoms with Crippen LogP contribution >= 0.6 is 0 Å². The Morgan fingerprint density at radius 1 is 1.31 bits per heavy atom. The van der Waals surface area contributed by atoms with Crippen molar-refractivity contribution in [3.05, 3.63) is 60.1 Å². The Labute approximate surface area is 93.4 Å². The van der Waals surface area contributed by atoms with Gasteiger partial charge in [-0.1, -0.05) is 6.07 Å². The molecule has 3 aromatic rings. The fourth-order valence-electron chi connectivity index (χ4n) is 1.85. The smallest absolute Gasteiger partial charge is 0.120 e. The fraction of sp³-hybridized carbons (Fsp3) is 0.154. The van der Waals surface area contributed by atoms with Crippen LogP contribution in [0, 0.1) is 6.92 Å². The molecule has 0 atom stereocenters. The van der Waals surface area contributed by atoms with Gasteiger partial charge in [0.25, 0.3) is 0 Å². The molecule has 0 radical (unpaired) electrons. The molecule has 3 rings (SSSR count). The van der Waals surface area contributed by atoms with E-state index in [1.165, 1.54) is 5.56 Å². The first-order valence-corrected chi connectivity index (χ1v) is 5.28. The molecule has 3 heteroatoms. The highest BCUT2D eigenvalue weighted by Crippen LogP contribution is 2.13. The normalized spacial score (nSPS) is 11.1. The third kappa shape index (κ3) is 1.50. The maximum atomic E-state index is 5.33. The number of rotatable bonds is 2. The molecule has 0 aliphatic heterocycles. The minimum Gasteiger partial charge on any atom is -0.469 e. The van der Waals surface area contributed by atoms with Crippen molar-refractivity contribution in [2.75, 3.05) is 0 Å². The van der Waals surface area contributed by atoms with E-state index < -0.39 is 0 Å². The molecule has 0 saturated carbocycles. The summed E-state index contributed by atoms with van der Waals surface area (Å²) >= 11 is 0. The number of nitrogens with zero attached hydrogens (tertiary/aromatic N) is 2. The van der Waals surface area contributed by atoms with E-state index >= 15 is 0 Å². The number of hydrogen-bond acceptors (Lipinski definition) is 2. The van der Waals surface area contributed by atoms with Gasteiger partial charge in [0.2, 0.25) is 0 Å². The van der Waals surface area contributed by atoms with E-state index in [2.05, 4.69) is 34.6 Å². The zero-order valence-electron chi connectivity index (χ0n) is 9.05. The molecule has 0 N–H and O–H groups in total. The van der Waals surface area contributed by atoms with Crippen molar-refractivity contribution in [1.29, 1.82) is 0 Å². The van der Waals surface area contributed by atoms with Crippen molar-refractivity contribution >= 4 is 5.52 Å². The highest BCUT2D eigenvalue weighted by atomic mass is 16.3. The number of aromatic nitrogens is 2. The Morgan fingerprint density at radius 3 is 3.06 bits per heavy atom. The van der Waals surface area contributed by atoms with Gasteiger partial charge in [-0.2, -0.15) is 0 Å². The van der Waals surface area contributed by atoms with Gasteiger partial charge < -0.3 is 8.82 Å². The Bertz CT molecular complexity index is 608. The van der Waals surface area contributed by atoms with Gasteiger partial charge in [0.1, 0.15) is 11.6 Å². The standard InChI is InChI=1S/C13H12N2O/c1-10-4-5-11-8-14-13(15(11)9-10)7-12-3-2-6-16-12/h2-6,8-9H,7H2,1H3. The zero-order valence-corrected chi connectivity index (χ0v) is 9.05. The average molecular weight is 212 g/mol. The fourth-order valence-corrected chi connectivity index (χ4v) is 1.85. The molecule has 3 nitrogen and oxygen atoms in total. The minimum absolute atomic E-state index is 0.727. The van der Waals surface area contributed by atoms with Crippen LogP contribution in [0.4, 0.5) is 0 Å². The second kappa shape index (κ2) is 3.52. The molecular weight excluding hydrogens is 200 g/mol. The Morgan fingerprint density at radius 2 is 2.25 bits per heavy atom. The maximum Gasteiger partial charge on any atom is 0.120 e. The summed E-state index contributed by atoms with van der Waals surface area (Å²) in [5.74, 6) is 1.95. The third-order valence-corrected chi connectivity index (χ3v) is 2.66. The van der Waals surface area contributed by atoms with E-state index in [4.69, 9.17) is 4.42 Å². The lowest BCUT2D eigenvalue weighted by Crippen LogP contribution is -1.95. The van der Waals surface area contributed by atoms with Gasteiger partial charge in [-0.15, -0.1) is 0 Å². The SMILES string of the molecule is Cc1ccc2cnc(Cc3ccco3)n2c1. The molecule has 0 aliphatic carbocycles. The van der Waals surface area contributed by atoms with E-state index in [1.807, 2.05) is 18.3 Å². The summed E-state index contributed by atoms with van der Waals surface area (Å²) in [5, 5.41) is 0. The predicted octanol–water partition coefficient (Wildman–Crippen LogP) is 2.83. The highest BCUT2D eigenvalue weighted by Gasteiger charge is 2.06. The van der Waals surface area contributed by atoms with Crippen LogP contribution in [0.5, 0.6) is 0 Å². The molecule has 80 valence electrons. The Hall–Kier alpha value is -2.03. The van der Waals surface area contributed by atoms with E-state index in [9.17, 15) is 0 Å². The summed E-state index contributed by atoms with van der Waals surface area (Å²) in [5.41, 5.74) is 2.35. The van der Waals surface area contributed by atoms with Crippen LogP contribution in [0.25, 0.3) is 5.52 Å². The van der Waals surface area contributed by atoms with Crippen LogP contribution in [0.3, 0.4) is 0 Å². The number of furan rings is 1. The van der Waals surface area contributed by atoms with Gasteiger partial charge in [0, 0.05) is 6.20 Å². The van der Waals surface area contributed by atoms with Crippen molar-refractivity contribution in [1.82, 2.24) is 9.38 Å². The molecule has 0 spiro atoms. The molecule has 3 heterocycles. The molecule has 0 fully saturated rings. The summed E-state index contributed by atoms with van der Waals surface area (Å²) < 4.78 is 7.44. The lowest BCUT2D eigenvalue weighted by atomic mass is 10.3. The first kappa shape index (κ1) is 9.21. The third-order valence-electron chi connectivity index (χ3n) is 2.66. The van der Waals surface area contributed by atoms with E-state index in [1.54, 1.807) is 6.26 Å². The highest BCUT2D eigenvalue weighted by molar-refractivity contribution is 5.47. The number of aryl methyl sites for hydroxylation is 1. The van der Waals surface area contributed by atoms with Crippen molar-refractivity contribution < 1.29 is 4.42 Å². The second-order valence-electron chi connectivity index (χ2n) is 3.93. The van der Waals surface area contributed by atoms with Crippen LogP contribution in [0.1, 0.15) is 17.1 Å². The summed E-state index contributed by atoms with van der Waals surface area (Å²) in [7, 11) is 0. The van der Waals surface area contributed by atoms with Crippen molar-refractivity contribution in [3.63, 3.8) is 0 Å². The summed E-state index contributed by atoms with van der Waals surface area (Å²) in [6.45, 7) is 2.08.